The molecule has 0 spiro atoms. The van der Waals surface area contributed by atoms with Gasteiger partial charge in [0.1, 0.15) is 11.6 Å². The molecule has 190 valence electrons. The number of nitrogens with zero attached hydrogens (tertiary/aromatic N) is 2. The van der Waals surface area contributed by atoms with Crippen molar-refractivity contribution in [3.63, 3.8) is 0 Å². The van der Waals surface area contributed by atoms with Crippen molar-refractivity contribution in [2.45, 2.75) is 66.0 Å². The second-order valence-electron chi connectivity index (χ2n) is 9.63. The lowest BCUT2D eigenvalue weighted by molar-refractivity contribution is -0.142. The third-order valence-electron chi connectivity index (χ3n) is 6.27. The molecule has 1 fully saturated rings. The van der Waals surface area contributed by atoms with E-state index >= 15 is 0 Å². The molecule has 1 heterocycles. The SMILES string of the molecule is Cc1cc(/C=C(\C#N)C(=O)OCC(=O)Nc2ccccc2C(=O)NC2CCCC2)c(C)n1CC(C)C. The van der Waals surface area contributed by atoms with E-state index < -0.39 is 18.5 Å². The molecule has 8 nitrogen and oxygen atoms in total. The highest BCUT2D eigenvalue weighted by molar-refractivity contribution is 6.05. The van der Waals surface area contributed by atoms with Crippen LogP contribution in [0, 0.1) is 31.1 Å². The highest BCUT2D eigenvalue weighted by Crippen LogP contribution is 2.21. The Morgan fingerprint density at radius 3 is 2.56 bits per heavy atom. The van der Waals surface area contributed by atoms with Crippen LogP contribution in [0.2, 0.25) is 0 Å². The van der Waals surface area contributed by atoms with Crippen molar-refractivity contribution in [2.75, 3.05) is 11.9 Å². The maximum Gasteiger partial charge on any atom is 0.349 e. The van der Waals surface area contributed by atoms with E-state index in [0.29, 0.717) is 17.2 Å². The fraction of sp³-hybridized carbons (Fsp3) is 0.429. The molecule has 1 saturated carbocycles. The Morgan fingerprint density at radius 1 is 1.19 bits per heavy atom. The highest BCUT2D eigenvalue weighted by Gasteiger charge is 2.21. The number of nitrogens with one attached hydrogen (secondary N) is 2. The number of aromatic nitrogens is 1. The van der Waals surface area contributed by atoms with Gasteiger partial charge in [0, 0.05) is 24.0 Å². The highest BCUT2D eigenvalue weighted by atomic mass is 16.5. The number of anilines is 1. The van der Waals surface area contributed by atoms with Crippen LogP contribution >= 0.6 is 0 Å². The Labute approximate surface area is 212 Å². The number of carbonyl (C=O) groups excluding carboxylic acids is 3. The number of amides is 2. The molecule has 1 aliphatic rings. The van der Waals surface area contributed by atoms with Crippen LogP contribution in [0.15, 0.2) is 35.9 Å². The van der Waals surface area contributed by atoms with E-state index in [4.69, 9.17) is 4.74 Å². The summed E-state index contributed by atoms with van der Waals surface area (Å²) in [5.74, 6) is -1.28. The Bertz CT molecular complexity index is 1200. The Hall–Kier alpha value is -3.86. The number of para-hydroxylation sites is 1. The predicted octanol–water partition coefficient (Wildman–Crippen LogP) is 4.52. The fourth-order valence-corrected chi connectivity index (χ4v) is 4.43. The molecule has 2 amide bonds. The minimum Gasteiger partial charge on any atom is -0.451 e. The van der Waals surface area contributed by atoms with Crippen molar-refractivity contribution in [1.82, 2.24) is 9.88 Å². The van der Waals surface area contributed by atoms with E-state index in [2.05, 4.69) is 29.0 Å². The van der Waals surface area contributed by atoms with Gasteiger partial charge in [-0.05, 0) is 62.4 Å². The van der Waals surface area contributed by atoms with Crippen LogP contribution in [0.1, 0.15) is 66.8 Å². The van der Waals surface area contributed by atoms with Crippen molar-refractivity contribution in [3.8, 4) is 6.07 Å². The third kappa shape index (κ3) is 6.85. The Kier molecular flexibility index (Phi) is 9.07. The molecule has 2 N–H and O–H groups in total. The third-order valence-corrected chi connectivity index (χ3v) is 6.27. The van der Waals surface area contributed by atoms with Gasteiger partial charge in [-0.1, -0.05) is 38.8 Å². The average molecular weight is 491 g/mol. The molecule has 1 aliphatic carbocycles. The van der Waals surface area contributed by atoms with Crippen molar-refractivity contribution in [1.29, 1.82) is 5.26 Å². The summed E-state index contributed by atoms with van der Waals surface area (Å²) in [4.78, 5) is 37.7. The van der Waals surface area contributed by atoms with Gasteiger partial charge in [-0.2, -0.15) is 5.26 Å². The largest absolute Gasteiger partial charge is 0.451 e. The molecule has 8 heteroatoms. The molecule has 0 saturated heterocycles. The van der Waals surface area contributed by atoms with Gasteiger partial charge in [-0.3, -0.25) is 9.59 Å². The first-order valence-electron chi connectivity index (χ1n) is 12.3. The first kappa shape index (κ1) is 26.7. The number of benzene rings is 1. The zero-order valence-electron chi connectivity index (χ0n) is 21.4. The maximum absolute atomic E-state index is 12.7. The molecule has 3 rings (SSSR count). The van der Waals surface area contributed by atoms with Gasteiger partial charge in [-0.25, -0.2) is 4.79 Å². The Balaban J connectivity index is 1.62. The lowest BCUT2D eigenvalue weighted by Gasteiger charge is -2.15. The van der Waals surface area contributed by atoms with Gasteiger partial charge in [0.15, 0.2) is 6.61 Å². The Morgan fingerprint density at radius 2 is 1.89 bits per heavy atom. The van der Waals surface area contributed by atoms with Crippen LogP contribution in [-0.2, 0) is 20.9 Å². The normalized spacial score (nSPS) is 13.9. The predicted molar refractivity (Wildman–Crippen MR) is 138 cm³/mol. The molecule has 0 bridgehead atoms. The van der Waals surface area contributed by atoms with E-state index in [1.165, 1.54) is 6.08 Å². The first-order valence-corrected chi connectivity index (χ1v) is 12.3. The van der Waals surface area contributed by atoms with E-state index in [-0.39, 0.29) is 17.5 Å². The number of rotatable bonds is 9. The van der Waals surface area contributed by atoms with Gasteiger partial charge < -0.3 is 19.9 Å². The lowest BCUT2D eigenvalue weighted by atomic mass is 10.1. The second-order valence-corrected chi connectivity index (χ2v) is 9.63. The molecule has 1 aromatic carbocycles. The fourth-order valence-electron chi connectivity index (χ4n) is 4.43. The standard InChI is InChI=1S/C28H34N4O4/c1-18(2)16-32-19(3)13-21(20(32)4)14-22(15-29)28(35)36-17-26(33)31-25-12-8-7-11-24(25)27(34)30-23-9-5-6-10-23/h7-8,11-14,18,23H,5-6,9-10,16-17H2,1-4H3,(H,30,34)(H,31,33)/b22-14+. The minimum absolute atomic E-state index is 0.146. The van der Waals surface area contributed by atoms with E-state index in [1.807, 2.05) is 26.0 Å². The molecule has 36 heavy (non-hydrogen) atoms. The lowest BCUT2D eigenvalue weighted by Crippen LogP contribution is -2.33. The van der Waals surface area contributed by atoms with E-state index in [0.717, 1.165) is 49.2 Å². The minimum atomic E-state index is -0.881. The van der Waals surface area contributed by atoms with Crippen LogP contribution in [-0.4, -0.2) is 35.0 Å². The number of hydrogen-bond donors (Lipinski definition) is 2. The van der Waals surface area contributed by atoms with E-state index in [9.17, 15) is 19.6 Å². The quantitative estimate of drug-likeness (QED) is 0.305. The summed E-state index contributed by atoms with van der Waals surface area (Å²) in [5.41, 5.74) is 3.23. The molecule has 0 unspecified atom stereocenters. The number of carbonyl (C=O) groups is 3. The van der Waals surface area contributed by atoms with Gasteiger partial charge in [0.25, 0.3) is 11.8 Å². The monoisotopic (exact) mass is 490 g/mol. The second kappa shape index (κ2) is 12.2. The summed E-state index contributed by atoms with van der Waals surface area (Å²) < 4.78 is 7.25. The summed E-state index contributed by atoms with van der Waals surface area (Å²) >= 11 is 0. The first-order chi connectivity index (χ1) is 17.2. The zero-order valence-corrected chi connectivity index (χ0v) is 21.4. The maximum atomic E-state index is 12.7. The van der Waals surface area contributed by atoms with Crippen molar-refractivity contribution in [2.24, 2.45) is 5.92 Å². The van der Waals surface area contributed by atoms with Crippen LogP contribution in [0.25, 0.3) is 6.08 Å². The van der Waals surface area contributed by atoms with Gasteiger partial charge in [0.2, 0.25) is 0 Å². The average Bonchev–Trinajstić information content (AvgIpc) is 3.44. The molecule has 1 aromatic heterocycles. The number of esters is 1. The number of aryl methyl sites for hydroxylation is 1. The number of ether oxygens (including phenoxy) is 1. The molecular formula is C28H34N4O4. The van der Waals surface area contributed by atoms with Crippen LogP contribution in [0.3, 0.4) is 0 Å². The molecular weight excluding hydrogens is 456 g/mol. The summed E-state index contributed by atoms with van der Waals surface area (Å²) in [6, 6.07) is 10.6. The van der Waals surface area contributed by atoms with Crippen LogP contribution in [0.4, 0.5) is 5.69 Å². The van der Waals surface area contributed by atoms with Crippen molar-refractivity contribution in [3.05, 3.63) is 58.4 Å². The zero-order chi connectivity index (χ0) is 26.2. The summed E-state index contributed by atoms with van der Waals surface area (Å²) in [7, 11) is 0. The van der Waals surface area contributed by atoms with Crippen LogP contribution in [0.5, 0.6) is 0 Å². The van der Waals surface area contributed by atoms with Crippen LogP contribution < -0.4 is 10.6 Å². The smallest absolute Gasteiger partial charge is 0.349 e. The molecule has 2 aromatic rings. The molecule has 0 atom stereocenters. The number of hydrogen-bond acceptors (Lipinski definition) is 5. The topological polar surface area (TPSA) is 113 Å². The summed E-state index contributed by atoms with van der Waals surface area (Å²) in [5, 5.41) is 15.2. The molecule has 0 radical (unpaired) electrons. The van der Waals surface area contributed by atoms with Crippen molar-refractivity contribution < 1.29 is 19.1 Å². The van der Waals surface area contributed by atoms with Crippen molar-refractivity contribution >= 4 is 29.5 Å². The van der Waals surface area contributed by atoms with E-state index in [1.54, 1.807) is 24.3 Å². The van der Waals surface area contributed by atoms with Gasteiger partial charge >= 0.3 is 5.97 Å². The summed E-state index contributed by atoms with van der Waals surface area (Å²) in [6.07, 6.45) is 5.58. The van der Waals surface area contributed by atoms with Gasteiger partial charge in [-0.15, -0.1) is 0 Å². The van der Waals surface area contributed by atoms with Gasteiger partial charge in [0.05, 0.1) is 11.3 Å². The molecule has 0 aliphatic heterocycles. The summed E-state index contributed by atoms with van der Waals surface area (Å²) in [6.45, 7) is 8.42. The number of nitriles is 1.